The van der Waals surface area contributed by atoms with Crippen LogP contribution in [0.15, 0.2) is 52.3 Å². The van der Waals surface area contributed by atoms with Crippen molar-refractivity contribution in [1.29, 1.82) is 0 Å². The standard InChI is InChI=1S/C13H15N3O3S/c1-10(2)16(11-6-4-3-5-7-11)20(18,19)13-9-8-12(17)14-15-13/h3-10H,1-2H3,(H,14,17). The molecule has 0 aliphatic carbocycles. The Morgan fingerprint density at radius 1 is 1.10 bits per heavy atom. The number of hydrogen-bond donors (Lipinski definition) is 1. The molecule has 1 aromatic carbocycles. The van der Waals surface area contributed by atoms with Crippen LogP contribution < -0.4 is 9.86 Å². The van der Waals surface area contributed by atoms with Crippen LogP contribution in [0.2, 0.25) is 0 Å². The molecule has 106 valence electrons. The number of benzene rings is 1. The topological polar surface area (TPSA) is 83.1 Å². The minimum Gasteiger partial charge on any atom is -0.268 e. The first-order chi connectivity index (χ1) is 9.43. The van der Waals surface area contributed by atoms with Crippen LogP contribution in [-0.2, 0) is 10.0 Å². The van der Waals surface area contributed by atoms with E-state index in [0.717, 1.165) is 6.07 Å². The number of para-hydroxylation sites is 1. The van der Waals surface area contributed by atoms with Gasteiger partial charge < -0.3 is 0 Å². The smallest absolute Gasteiger partial charge is 0.268 e. The molecule has 2 rings (SSSR count). The summed E-state index contributed by atoms with van der Waals surface area (Å²) in [4.78, 5) is 11.0. The molecule has 7 heteroatoms. The van der Waals surface area contributed by atoms with Gasteiger partial charge in [0.25, 0.3) is 15.6 Å². The molecule has 1 N–H and O–H groups in total. The van der Waals surface area contributed by atoms with Crippen molar-refractivity contribution in [1.82, 2.24) is 10.2 Å². The Morgan fingerprint density at radius 3 is 2.25 bits per heavy atom. The van der Waals surface area contributed by atoms with E-state index in [4.69, 9.17) is 0 Å². The Labute approximate surface area is 117 Å². The van der Waals surface area contributed by atoms with E-state index >= 15 is 0 Å². The Balaban J connectivity index is 2.54. The van der Waals surface area contributed by atoms with E-state index in [9.17, 15) is 13.2 Å². The highest BCUT2D eigenvalue weighted by Crippen LogP contribution is 2.24. The summed E-state index contributed by atoms with van der Waals surface area (Å²) in [6.07, 6.45) is 0. The number of sulfonamides is 1. The van der Waals surface area contributed by atoms with E-state index in [1.807, 2.05) is 6.07 Å². The van der Waals surface area contributed by atoms with Crippen LogP contribution in [0, 0.1) is 0 Å². The SMILES string of the molecule is CC(C)N(c1ccccc1)S(=O)(=O)c1ccc(=O)[nH]n1. The van der Waals surface area contributed by atoms with Gasteiger partial charge in [-0.15, -0.1) is 0 Å². The van der Waals surface area contributed by atoms with Crippen LogP contribution in [0.1, 0.15) is 13.8 Å². The molecule has 0 saturated carbocycles. The van der Waals surface area contributed by atoms with Gasteiger partial charge >= 0.3 is 0 Å². The molecule has 1 heterocycles. The molecule has 2 aromatic rings. The molecule has 6 nitrogen and oxygen atoms in total. The van der Waals surface area contributed by atoms with Crippen molar-refractivity contribution in [2.24, 2.45) is 0 Å². The number of aromatic amines is 1. The van der Waals surface area contributed by atoms with Crippen LogP contribution in [-0.4, -0.2) is 24.7 Å². The van der Waals surface area contributed by atoms with Gasteiger partial charge in [-0.25, -0.2) is 5.10 Å². The first-order valence-corrected chi connectivity index (χ1v) is 7.52. The van der Waals surface area contributed by atoms with Gasteiger partial charge in [0.2, 0.25) is 0 Å². The third-order valence-corrected chi connectivity index (χ3v) is 4.56. The van der Waals surface area contributed by atoms with Crippen molar-refractivity contribution in [3.8, 4) is 0 Å². The highest BCUT2D eigenvalue weighted by Gasteiger charge is 2.28. The van der Waals surface area contributed by atoms with Gasteiger partial charge in [0.05, 0.1) is 5.69 Å². The van der Waals surface area contributed by atoms with Gasteiger partial charge in [-0.3, -0.25) is 9.10 Å². The van der Waals surface area contributed by atoms with Crippen molar-refractivity contribution < 1.29 is 8.42 Å². The number of aromatic nitrogens is 2. The van der Waals surface area contributed by atoms with Crippen LogP contribution in [0.5, 0.6) is 0 Å². The van der Waals surface area contributed by atoms with Crippen molar-refractivity contribution in [2.75, 3.05) is 4.31 Å². The third-order valence-electron chi connectivity index (χ3n) is 2.66. The maximum Gasteiger partial charge on any atom is 0.283 e. The highest BCUT2D eigenvalue weighted by atomic mass is 32.2. The highest BCUT2D eigenvalue weighted by molar-refractivity contribution is 7.92. The molecule has 0 spiro atoms. The van der Waals surface area contributed by atoms with E-state index in [2.05, 4.69) is 10.2 Å². The zero-order chi connectivity index (χ0) is 14.8. The second-order valence-electron chi connectivity index (χ2n) is 4.49. The first kappa shape index (κ1) is 14.3. The van der Waals surface area contributed by atoms with E-state index in [-0.39, 0.29) is 11.1 Å². The first-order valence-electron chi connectivity index (χ1n) is 6.08. The Hall–Kier alpha value is -2.15. The number of rotatable bonds is 4. The minimum atomic E-state index is -3.82. The molecular weight excluding hydrogens is 278 g/mol. The summed E-state index contributed by atoms with van der Waals surface area (Å²) in [6, 6.07) is 10.8. The molecule has 0 radical (unpaired) electrons. The fourth-order valence-corrected chi connectivity index (χ4v) is 3.42. The molecule has 0 unspecified atom stereocenters. The molecule has 0 atom stereocenters. The third kappa shape index (κ3) is 2.72. The van der Waals surface area contributed by atoms with E-state index in [1.54, 1.807) is 38.1 Å². The lowest BCUT2D eigenvalue weighted by Crippen LogP contribution is -2.37. The van der Waals surface area contributed by atoms with Gasteiger partial charge in [-0.05, 0) is 32.0 Å². The number of H-pyrrole nitrogens is 1. The molecule has 20 heavy (non-hydrogen) atoms. The number of hydrogen-bond acceptors (Lipinski definition) is 4. The lowest BCUT2D eigenvalue weighted by atomic mass is 10.3. The summed E-state index contributed by atoms with van der Waals surface area (Å²) in [5, 5.41) is 5.57. The van der Waals surface area contributed by atoms with Gasteiger partial charge in [-0.1, -0.05) is 18.2 Å². The number of nitrogens with one attached hydrogen (secondary N) is 1. The van der Waals surface area contributed by atoms with Crippen molar-refractivity contribution >= 4 is 15.7 Å². The van der Waals surface area contributed by atoms with E-state index < -0.39 is 15.6 Å². The Bertz CT molecular complexity index is 718. The lowest BCUT2D eigenvalue weighted by Gasteiger charge is -2.27. The Kier molecular flexibility index (Phi) is 3.89. The summed E-state index contributed by atoms with van der Waals surface area (Å²) in [7, 11) is -3.82. The molecule has 0 aliphatic heterocycles. The van der Waals surface area contributed by atoms with Crippen LogP contribution in [0.25, 0.3) is 0 Å². The Morgan fingerprint density at radius 2 is 1.75 bits per heavy atom. The molecule has 0 saturated heterocycles. The van der Waals surface area contributed by atoms with Gasteiger partial charge in [0, 0.05) is 12.1 Å². The second kappa shape index (κ2) is 5.46. The van der Waals surface area contributed by atoms with Crippen molar-refractivity contribution in [2.45, 2.75) is 24.9 Å². The lowest BCUT2D eigenvalue weighted by molar-refractivity contribution is 0.578. The summed E-state index contributed by atoms with van der Waals surface area (Å²) in [5.74, 6) is 0. The molecule has 0 aliphatic rings. The van der Waals surface area contributed by atoms with Crippen molar-refractivity contribution in [3.05, 3.63) is 52.8 Å². The predicted molar refractivity (Wildman–Crippen MR) is 76.1 cm³/mol. The van der Waals surface area contributed by atoms with Gasteiger partial charge in [0.1, 0.15) is 0 Å². The average Bonchev–Trinajstić information content (AvgIpc) is 2.39. The maximum atomic E-state index is 12.6. The normalized spacial score (nSPS) is 11.6. The molecule has 0 bridgehead atoms. The van der Waals surface area contributed by atoms with Gasteiger partial charge in [-0.2, -0.15) is 13.5 Å². The maximum absolute atomic E-state index is 12.6. The molecular formula is C13H15N3O3S. The fraction of sp³-hybridized carbons (Fsp3) is 0.231. The number of anilines is 1. The zero-order valence-electron chi connectivity index (χ0n) is 11.1. The largest absolute Gasteiger partial charge is 0.283 e. The quantitative estimate of drug-likeness (QED) is 0.923. The second-order valence-corrected chi connectivity index (χ2v) is 6.25. The van der Waals surface area contributed by atoms with Crippen molar-refractivity contribution in [3.63, 3.8) is 0 Å². The average molecular weight is 293 g/mol. The number of nitrogens with zero attached hydrogens (tertiary/aromatic N) is 2. The van der Waals surface area contributed by atoms with E-state index in [0.29, 0.717) is 5.69 Å². The summed E-state index contributed by atoms with van der Waals surface area (Å²) in [6.45, 7) is 3.55. The zero-order valence-corrected chi connectivity index (χ0v) is 12.0. The molecule has 0 amide bonds. The van der Waals surface area contributed by atoms with Crippen LogP contribution in [0.4, 0.5) is 5.69 Å². The molecule has 1 aromatic heterocycles. The fourth-order valence-electron chi connectivity index (χ4n) is 1.87. The van der Waals surface area contributed by atoms with E-state index in [1.165, 1.54) is 10.4 Å². The van der Waals surface area contributed by atoms with Gasteiger partial charge in [0.15, 0.2) is 5.03 Å². The van der Waals surface area contributed by atoms with Crippen LogP contribution >= 0.6 is 0 Å². The predicted octanol–water partition coefficient (Wildman–Crippen LogP) is 1.37. The molecule has 0 fully saturated rings. The monoisotopic (exact) mass is 293 g/mol. The summed E-state index contributed by atoms with van der Waals surface area (Å²) in [5.41, 5.74) is 0.107. The summed E-state index contributed by atoms with van der Waals surface area (Å²) < 4.78 is 26.5. The summed E-state index contributed by atoms with van der Waals surface area (Å²) >= 11 is 0. The van der Waals surface area contributed by atoms with Crippen LogP contribution in [0.3, 0.4) is 0 Å². The minimum absolute atomic E-state index is 0.186.